The number of carbonyl (C=O) groups is 2. The molecule has 0 aliphatic rings. The van der Waals surface area contributed by atoms with E-state index >= 15 is 0 Å². The predicted octanol–water partition coefficient (Wildman–Crippen LogP) is 4.92. The van der Waals surface area contributed by atoms with Crippen LogP contribution in [0, 0.1) is 0 Å². The van der Waals surface area contributed by atoms with E-state index in [2.05, 4.69) is 16.8 Å². The van der Waals surface area contributed by atoms with Crippen molar-refractivity contribution in [3.05, 3.63) is 65.3 Å². The van der Waals surface area contributed by atoms with Crippen LogP contribution >= 0.6 is 11.6 Å². The molecule has 5 heteroatoms. The summed E-state index contributed by atoms with van der Waals surface area (Å²) in [7, 11) is 0. The van der Waals surface area contributed by atoms with E-state index in [1.54, 1.807) is 24.3 Å². The molecule has 1 N–H and O–H groups in total. The van der Waals surface area contributed by atoms with Gasteiger partial charge in [-0.25, -0.2) is 0 Å². The molecular formula is C20H19ClN2O2. The minimum Gasteiger partial charge on any atom is -0.348 e. The first-order valence-corrected chi connectivity index (χ1v) is 8.62. The number of ketones is 1. The number of hydrogen-bond donors (Lipinski definition) is 1. The topological polar surface area (TPSA) is 51.1 Å². The molecule has 0 unspecified atom stereocenters. The van der Waals surface area contributed by atoms with Gasteiger partial charge in [0.2, 0.25) is 5.91 Å². The lowest BCUT2D eigenvalue weighted by atomic mass is 10.1. The Morgan fingerprint density at radius 3 is 2.52 bits per heavy atom. The van der Waals surface area contributed by atoms with Gasteiger partial charge in [0, 0.05) is 52.8 Å². The summed E-state index contributed by atoms with van der Waals surface area (Å²) in [6.45, 7) is 2.99. The molecule has 1 heterocycles. The third kappa shape index (κ3) is 4.09. The van der Waals surface area contributed by atoms with Gasteiger partial charge in [-0.1, -0.05) is 11.6 Å². The Labute approximate surface area is 151 Å². The van der Waals surface area contributed by atoms with E-state index in [1.807, 2.05) is 30.5 Å². The molecule has 0 spiro atoms. The molecule has 128 valence electrons. The number of nitrogens with zero attached hydrogens (tertiary/aromatic N) is 1. The number of anilines is 1. The Bertz CT molecular complexity index is 913. The Hall–Kier alpha value is -2.59. The van der Waals surface area contributed by atoms with Gasteiger partial charge in [-0.2, -0.15) is 0 Å². The van der Waals surface area contributed by atoms with Gasteiger partial charge in [0.05, 0.1) is 0 Å². The molecule has 0 saturated carbocycles. The van der Waals surface area contributed by atoms with Crippen molar-refractivity contribution in [2.24, 2.45) is 0 Å². The molecule has 0 bridgehead atoms. The molecule has 3 aromatic rings. The molecule has 0 fully saturated rings. The standard InChI is InChI=1S/C20H19ClN2O2/c1-2-23-12-11-15-13-17(7-8-18(15)23)22-20(25)10-9-19(24)14-3-5-16(21)6-4-14/h3-8,11-13H,2,9-10H2,1H3,(H,22,25). The van der Waals surface area contributed by atoms with Crippen LogP contribution in [0.4, 0.5) is 5.69 Å². The van der Waals surface area contributed by atoms with E-state index in [0.717, 1.165) is 23.1 Å². The number of rotatable bonds is 6. The average molecular weight is 355 g/mol. The molecule has 1 aromatic heterocycles. The first-order chi connectivity index (χ1) is 12.1. The molecule has 0 radical (unpaired) electrons. The first-order valence-electron chi connectivity index (χ1n) is 8.24. The zero-order chi connectivity index (χ0) is 17.8. The molecule has 0 aliphatic heterocycles. The maximum absolute atomic E-state index is 12.1. The number of aromatic nitrogens is 1. The highest BCUT2D eigenvalue weighted by Crippen LogP contribution is 2.21. The van der Waals surface area contributed by atoms with Crippen molar-refractivity contribution in [2.75, 3.05) is 5.32 Å². The van der Waals surface area contributed by atoms with Gasteiger partial charge < -0.3 is 9.88 Å². The van der Waals surface area contributed by atoms with Gasteiger partial charge in [0.15, 0.2) is 5.78 Å². The number of hydrogen-bond acceptors (Lipinski definition) is 2. The summed E-state index contributed by atoms with van der Waals surface area (Å²) in [5, 5.41) is 4.52. The van der Waals surface area contributed by atoms with Gasteiger partial charge in [0.1, 0.15) is 0 Å². The molecule has 4 nitrogen and oxygen atoms in total. The molecular weight excluding hydrogens is 336 g/mol. The molecule has 3 rings (SSSR count). The molecule has 25 heavy (non-hydrogen) atoms. The summed E-state index contributed by atoms with van der Waals surface area (Å²) in [5.74, 6) is -0.237. The van der Waals surface area contributed by atoms with Crippen molar-refractivity contribution in [3.63, 3.8) is 0 Å². The van der Waals surface area contributed by atoms with Gasteiger partial charge in [-0.05, 0) is 55.5 Å². The first kappa shape index (κ1) is 17.2. The minimum atomic E-state index is -0.170. The van der Waals surface area contributed by atoms with Crippen LogP contribution < -0.4 is 5.32 Å². The lowest BCUT2D eigenvalue weighted by Crippen LogP contribution is -2.13. The third-order valence-corrected chi connectivity index (χ3v) is 4.39. The second kappa shape index (κ2) is 7.53. The highest BCUT2D eigenvalue weighted by atomic mass is 35.5. The van der Waals surface area contributed by atoms with Crippen LogP contribution in [0.3, 0.4) is 0 Å². The minimum absolute atomic E-state index is 0.0673. The number of Topliss-reactive ketones (excluding diaryl/α,β-unsaturated/α-hetero) is 1. The van der Waals surface area contributed by atoms with Gasteiger partial charge in [-0.3, -0.25) is 9.59 Å². The molecule has 2 aromatic carbocycles. The SMILES string of the molecule is CCn1ccc2cc(NC(=O)CCC(=O)c3ccc(Cl)cc3)ccc21. The maximum Gasteiger partial charge on any atom is 0.224 e. The Morgan fingerprint density at radius 1 is 1.04 bits per heavy atom. The smallest absolute Gasteiger partial charge is 0.224 e. The fraction of sp³-hybridized carbons (Fsp3) is 0.200. The quantitative estimate of drug-likeness (QED) is 0.639. The van der Waals surface area contributed by atoms with E-state index in [-0.39, 0.29) is 24.5 Å². The van der Waals surface area contributed by atoms with Crippen molar-refractivity contribution in [1.82, 2.24) is 4.57 Å². The summed E-state index contributed by atoms with van der Waals surface area (Å²) in [6.07, 6.45) is 2.35. The van der Waals surface area contributed by atoms with Crippen LogP contribution in [0.15, 0.2) is 54.7 Å². The average Bonchev–Trinajstić information content (AvgIpc) is 3.02. The lowest BCUT2D eigenvalue weighted by molar-refractivity contribution is -0.116. The lowest BCUT2D eigenvalue weighted by Gasteiger charge is -2.07. The van der Waals surface area contributed by atoms with Crippen molar-refractivity contribution < 1.29 is 9.59 Å². The van der Waals surface area contributed by atoms with Crippen molar-refractivity contribution in [1.29, 1.82) is 0 Å². The summed E-state index contributed by atoms with van der Waals surface area (Å²) >= 11 is 5.81. The fourth-order valence-corrected chi connectivity index (χ4v) is 2.91. The Morgan fingerprint density at radius 2 is 1.80 bits per heavy atom. The van der Waals surface area contributed by atoms with E-state index in [0.29, 0.717) is 10.6 Å². The van der Waals surface area contributed by atoms with Crippen LogP contribution in [0.1, 0.15) is 30.1 Å². The van der Waals surface area contributed by atoms with Gasteiger partial charge in [-0.15, -0.1) is 0 Å². The van der Waals surface area contributed by atoms with Crippen molar-refractivity contribution in [3.8, 4) is 0 Å². The fourth-order valence-electron chi connectivity index (χ4n) is 2.78. The molecule has 1 amide bonds. The summed E-state index contributed by atoms with van der Waals surface area (Å²) in [6, 6.07) is 14.5. The normalized spacial score (nSPS) is 10.8. The van der Waals surface area contributed by atoms with Crippen LogP contribution in [-0.4, -0.2) is 16.3 Å². The van der Waals surface area contributed by atoms with E-state index in [9.17, 15) is 9.59 Å². The maximum atomic E-state index is 12.1. The summed E-state index contributed by atoms with van der Waals surface area (Å²) in [4.78, 5) is 24.2. The predicted molar refractivity (Wildman–Crippen MR) is 101 cm³/mol. The zero-order valence-electron chi connectivity index (χ0n) is 14.0. The Kier molecular flexibility index (Phi) is 5.19. The van der Waals surface area contributed by atoms with Crippen LogP contribution in [0.25, 0.3) is 10.9 Å². The number of benzene rings is 2. The van der Waals surface area contributed by atoms with Gasteiger partial charge >= 0.3 is 0 Å². The molecule has 0 aliphatic carbocycles. The largest absolute Gasteiger partial charge is 0.348 e. The van der Waals surface area contributed by atoms with Crippen LogP contribution in [-0.2, 0) is 11.3 Å². The molecule has 0 saturated heterocycles. The van der Waals surface area contributed by atoms with Crippen molar-refractivity contribution in [2.45, 2.75) is 26.3 Å². The number of carbonyl (C=O) groups excluding carboxylic acids is 2. The van der Waals surface area contributed by atoms with E-state index in [1.165, 1.54) is 0 Å². The van der Waals surface area contributed by atoms with Crippen molar-refractivity contribution >= 4 is 39.9 Å². The Balaban J connectivity index is 1.59. The van der Waals surface area contributed by atoms with Crippen LogP contribution in [0.2, 0.25) is 5.02 Å². The second-order valence-corrected chi connectivity index (χ2v) is 6.29. The number of halogens is 1. The van der Waals surface area contributed by atoms with Gasteiger partial charge in [0.25, 0.3) is 0 Å². The number of fused-ring (bicyclic) bond motifs is 1. The zero-order valence-corrected chi connectivity index (χ0v) is 14.7. The number of aryl methyl sites for hydroxylation is 1. The summed E-state index contributed by atoms with van der Waals surface area (Å²) < 4.78 is 2.14. The van der Waals surface area contributed by atoms with Crippen LogP contribution in [0.5, 0.6) is 0 Å². The summed E-state index contributed by atoms with van der Waals surface area (Å²) in [5.41, 5.74) is 2.45. The highest BCUT2D eigenvalue weighted by Gasteiger charge is 2.10. The number of amides is 1. The molecule has 0 atom stereocenters. The highest BCUT2D eigenvalue weighted by molar-refractivity contribution is 6.30. The van der Waals surface area contributed by atoms with E-state index < -0.39 is 0 Å². The number of nitrogens with one attached hydrogen (secondary N) is 1. The monoisotopic (exact) mass is 354 g/mol. The van der Waals surface area contributed by atoms with E-state index in [4.69, 9.17) is 11.6 Å². The third-order valence-electron chi connectivity index (χ3n) is 4.14. The second-order valence-electron chi connectivity index (χ2n) is 5.85.